The molecular formula is C22H26O6. The molecule has 0 aliphatic heterocycles. The van der Waals surface area contributed by atoms with Gasteiger partial charge in [-0.25, -0.2) is 4.79 Å². The number of Topliss-reactive ketones (excluding diaryl/α,β-unsaturated/α-hetero) is 1. The molecule has 150 valence electrons. The minimum absolute atomic E-state index is 0.0164. The van der Waals surface area contributed by atoms with Crippen molar-refractivity contribution in [2.75, 3.05) is 13.7 Å². The summed E-state index contributed by atoms with van der Waals surface area (Å²) in [5, 5.41) is 20.1. The number of aryl methyl sites for hydroxylation is 1. The number of hydrogen-bond acceptors (Lipinski definition) is 6. The van der Waals surface area contributed by atoms with Gasteiger partial charge in [-0.15, -0.1) is 0 Å². The average Bonchev–Trinajstić information content (AvgIpc) is 2.70. The Hall–Kier alpha value is -3.02. The van der Waals surface area contributed by atoms with E-state index in [1.807, 2.05) is 0 Å². The third kappa shape index (κ3) is 5.74. The molecule has 2 aromatic rings. The summed E-state index contributed by atoms with van der Waals surface area (Å²) in [7, 11) is 1.28. The van der Waals surface area contributed by atoms with Crippen LogP contribution in [0.4, 0.5) is 0 Å². The number of unbranched alkanes of at least 4 members (excludes halogenated alkanes) is 3. The molecule has 0 aromatic heterocycles. The molecule has 0 radical (unpaired) electrons. The number of hydrogen-bond donors (Lipinski definition) is 2. The Kier molecular flexibility index (Phi) is 7.87. The zero-order chi connectivity index (χ0) is 20.5. The first kappa shape index (κ1) is 21.3. The largest absolute Gasteiger partial charge is 0.508 e. The highest BCUT2D eigenvalue weighted by molar-refractivity contribution is 6.00. The Bertz CT molecular complexity index is 828. The lowest BCUT2D eigenvalue weighted by atomic mass is 10.0. The van der Waals surface area contributed by atoms with E-state index in [9.17, 15) is 19.8 Å². The van der Waals surface area contributed by atoms with Gasteiger partial charge in [0.2, 0.25) is 5.78 Å². The molecule has 0 fully saturated rings. The van der Waals surface area contributed by atoms with E-state index in [1.54, 1.807) is 18.2 Å². The van der Waals surface area contributed by atoms with E-state index in [0.717, 1.165) is 25.7 Å². The minimum Gasteiger partial charge on any atom is -0.508 e. The smallest absolute Gasteiger partial charge is 0.337 e. The molecule has 0 amide bonds. The normalized spacial score (nSPS) is 10.5. The average molecular weight is 386 g/mol. The predicted molar refractivity (Wildman–Crippen MR) is 105 cm³/mol. The Balaban J connectivity index is 2.06. The molecule has 2 N–H and O–H groups in total. The lowest BCUT2D eigenvalue weighted by Gasteiger charge is -2.11. The summed E-state index contributed by atoms with van der Waals surface area (Å²) in [5.74, 6) is -0.880. The van der Waals surface area contributed by atoms with Crippen LogP contribution in [0.3, 0.4) is 0 Å². The number of phenolic OH excluding ortho intramolecular Hbond substituents is 2. The van der Waals surface area contributed by atoms with Crippen LogP contribution in [0.5, 0.6) is 17.2 Å². The van der Waals surface area contributed by atoms with E-state index < -0.39 is 11.8 Å². The second-order valence-corrected chi connectivity index (χ2v) is 6.54. The van der Waals surface area contributed by atoms with Gasteiger partial charge in [0.25, 0.3) is 0 Å². The molecule has 6 nitrogen and oxygen atoms in total. The fourth-order valence-electron chi connectivity index (χ4n) is 2.85. The van der Waals surface area contributed by atoms with Crippen molar-refractivity contribution in [3.05, 3.63) is 53.1 Å². The highest BCUT2D eigenvalue weighted by Crippen LogP contribution is 2.29. The van der Waals surface area contributed by atoms with Crippen LogP contribution in [-0.2, 0) is 11.2 Å². The van der Waals surface area contributed by atoms with Crippen LogP contribution < -0.4 is 4.74 Å². The lowest BCUT2D eigenvalue weighted by Crippen LogP contribution is -2.12. The molecule has 0 bridgehead atoms. The number of aromatic hydroxyl groups is 2. The molecule has 0 heterocycles. The number of methoxy groups -OCH3 is 1. The van der Waals surface area contributed by atoms with Crippen molar-refractivity contribution in [2.45, 2.75) is 39.0 Å². The van der Waals surface area contributed by atoms with Crippen molar-refractivity contribution in [1.29, 1.82) is 0 Å². The number of ketones is 1. The van der Waals surface area contributed by atoms with Gasteiger partial charge in [-0.2, -0.15) is 0 Å². The quantitative estimate of drug-likeness (QED) is 0.360. The van der Waals surface area contributed by atoms with Gasteiger partial charge in [0, 0.05) is 6.07 Å². The van der Waals surface area contributed by atoms with Crippen LogP contribution in [-0.4, -0.2) is 35.7 Å². The molecule has 0 aliphatic rings. The van der Waals surface area contributed by atoms with E-state index in [0.29, 0.717) is 23.3 Å². The zero-order valence-corrected chi connectivity index (χ0v) is 16.2. The molecule has 0 saturated heterocycles. The van der Waals surface area contributed by atoms with Crippen LogP contribution in [0.25, 0.3) is 0 Å². The Morgan fingerprint density at radius 2 is 1.79 bits per heavy atom. The highest BCUT2D eigenvalue weighted by atomic mass is 16.5. The van der Waals surface area contributed by atoms with Crippen LogP contribution >= 0.6 is 0 Å². The third-order valence-corrected chi connectivity index (χ3v) is 4.42. The number of carbonyl (C=O) groups is 2. The Morgan fingerprint density at radius 1 is 1.00 bits per heavy atom. The summed E-state index contributed by atoms with van der Waals surface area (Å²) in [6.45, 7) is 1.81. The third-order valence-electron chi connectivity index (χ3n) is 4.42. The summed E-state index contributed by atoms with van der Waals surface area (Å²) in [4.78, 5) is 24.1. The number of esters is 1. The maximum Gasteiger partial charge on any atom is 0.337 e. The SMILES string of the molecule is CCCCCCc1cc(C(=O)COc2cccc(C(=O)OC)c2)c(O)cc1O. The molecule has 0 saturated carbocycles. The second-order valence-electron chi connectivity index (χ2n) is 6.54. The Labute approximate surface area is 164 Å². The maximum atomic E-state index is 12.5. The maximum absolute atomic E-state index is 12.5. The number of rotatable bonds is 10. The van der Waals surface area contributed by atoms with Crippen LogP contribution in [0.15, 0.2) is 36.4 Å². The van der Waals surface area contributed by atoms with E-state index in [2.05, 4.69) is 11.7 Å². The molecule has 6 heteroatoms. The zero-order valence-electron chi connectivity index (χ0n) is 16.2. The highest BCUT2D eigenvalue weighted by Gasteiger charge is 2.16. The van der Waals surface area contributed by atoms with Crippen molar-refractivity contribution < 1.29 is 29.3 Å². The first-order valence-corrected chi connectivity index (χ1v) is 9.35. The van der Waals surface area contributed by atoms with E-state index in [-0.39, 0.29) is 23.7 Å². The molecule has 28 heavy (non-hydrogen) atoms. The monoisotopic (exact) mass is 386 g/mol. The standard InChI is InChI=1S/C22H26O6/c1-3-4-5-6-8-15-12-18(20(24)13-19(15)23)21(25)14-28-17-10-7-9-16(11-17)22(26)27-2/h7,9-13,23-24H,3-6,8,14H2,1-2H3. The topological polar surface area (TPSA) is 93.1 Å². The van der Waals surface area contributed by atoms with E-state index >= 15 is 0 Å². The summed E-state index contributed by atoms with van der Waals surface area (Å²) < 4.78 is 10.1. The van der Waals surface area contributed by atoms with Crippen molar-refractivity contribution in [3.8, 4) is 17.2 Å². The fourth-order valence-corrected chi connectivity index (χ4v) is 2.85. The second kappa shape index (κ2) is 10.3. The molecule has 0 spiro atoms. The van der Waals surface area contributed by atoms with Crippen molar-refractivity contribution >= 4 is 11.8 Å². The summed E-state index contributed by atoms with van der Waals surface area (Å²) in [6.07, 6.45) is 4.80. The predicted octanol–water partition coefficient (Wildman–Crippen LogP) is 4.27. The molecular weight excluding hydrogens is 360 g/mol. The van der Waals surface area contributed by atoms with Crippen LogP contribution in [0.2, 0.25) is 0 Å². The van der Waals surface area contributed by atoms with E-state index in [4.69, 9.17) is 4.74 Å². The van der Waals surface area contributed by atoms with Gasteiger partial charge in [-0.3, -0.25) is 4.79 Å². The molecule has 2 rings (SSSR count). The first-order valence-electron chi connectivity index (χ1n) is 9.35. The molecule has 2 aromatic carbocycles. The molecule has 0 unspecified atom stereocenters. The van der Waals surface area contributed by atoms with Gasteiger partial charge in [0.15, 0.2) is 6.61 Å². The van der Waals surface area contributed by atoms with Gasteiger partial charge in [0.05, 0.1) is 18.2 Å². The minimum atomic E-state index is -0.499. The summed E-state index contributed by atoms with van der Waals surface area (Å²) in [5.41, 5.74) is 1.05. The van der Waals surface area contributed by atoms with Gasteiger partial charge in [-0.05, 0) is 42.7 Å². The van der Waals surface area contributed by atoms with E-state index in [1.165, 1.54) is 25.3 Å². The summed E-state index contributed by atoms with van der Waals surface area (Å²) >= 11 is 0. The number of benzene rings is 2. The summed E-state index contributed by atoms with van der Waals surface area (Å²) in [6, 6.07) is 9.02. The number of phenols is 2. The number of carbonyl (C=O) groups excluding carboxylic acids is 2. The van der Waals surface area contributed by atoms with Gasteiger partial charge in [-0.1, -0.05) is 32.3 Å². The van der Waals surface area contributed by atoms with Crippen molar-refractivity contribution in [3.63, 3.8) is 0 Å². The lowest BCUT2D eigenvalue weighted by molar-refractivity contribution is 0.0600. The molecule has 0 aliphatic carbocycles. The molecule has 0 atom stereocenters. The van der Waals surface area contributed by atoms with Crippen LogP contribution in [0, 0.1) is 0 Å². The van der Waals surface area contributed by atoms with Crippen LogP contribution in [0.1, 0.15) is 58.9 Å². The van der Waals surface area contributed by atoms with Crippen molar-refractivity contribution in [2.24, 2.45) is 0 Å². The number of ether oxygens (including phenoxy) is 2. The van der Waals surface area contributed by atoms with Gasteiger partial charge >= 0.3 is 5.97 Å². The van der Waals surface area contributed by atoms with Gasteiger partial charge < -0.3 is 19.7 Å². The Morgan fingerprint density at radius 3 is 2.50 bits per heavy atom. The first-order chi connectivity index (χ1) is 13.5. The fraction of sp³-hybridized carbons (Fsp3) is 0.364. The van der Waals surface area contributed by atoms with Crippen molar-refractivity contribution in [1.82, 2.24) is 0 Å². The van der Waals surface area contributed by atoms with Gasteiger partial charge in [0.1, 0.15) is 17.2 Å².